The van der Waals surface area contributed by atoms with E-state index in [1.54, 1.807) is 12.0 Å². The summed E-state index contributed by atoms with van der Waals surface area (Å²) >= 11 is 0. The Hall–Kier alpha value is -1.29. The molecule has 2 aliphatic carbocycles. The number of epoxide rings is 1. The van der Waals surface area contributed by atoms with Gasteiger partial charge >= 0.3 is 6.09 Å². The van der Waals surface area contributed by atoms with E-state index < -0.39 is 23.4 Å². The van der Waals surface area contributed by atoms with Gasteiger partial charge in [0.15, 0.2) is 0 Å². The van der Waals surface area contributed by atoms with Crippen LogP contribution in [0.15, 0.2) is 11.6 Å². The molecule has 0 aromatic heterocycles. The number of amides is 1. The van der Waals surface area contributed by atoms with Gasteiger partial charge in [0, 0.05) is 51.0 Å². The van der Waals surface area contributed by atoms with Crippen molar-refractivity contribution in [1.82, 2.24) is 9.80 Å². The molecule has 36 heavy (non-hydrogen) atoms. The Labute approximate surface area is 213 Å². The fourth-order valence-electron chi connectivity index (χ4n) is 6.84. The second-order valence-corrected chi connectivity index (χ2v) is 12.4. The molecule has 0 aromatic carbocycles. The maximum absolute atomic E-state index is 13.4. The average Bonchev–Trinajstić information content (AvgIpc) is 3.55. The van der Waals surface area contributed by atoms with Gasteiger partial charge in [-0.2, -0.15) is 0 Å². The number of fused-ring (bicyclic) bond motifs is 1. The smallest absolute Gasteiger partial charge is 0.410 e. The minimum atomic E-state index is -2.43. The van der Waals surface area contributed by atoms with Crippen LogP contribution in [-0.4, -0.2) is 98.3 Å². The topological polar surface area (TPSA) is 63.8 Å². The second-order valence-electron chi connectivity index (χ2n) is 12.4. The number of nitrogens with zero attached hydrogens (tertiary/aromatic N) is 2. The molecule has 0 bridgehead atoms. The van der Waals surface area contributed by atoms with Crippen LogP contribution in [0, 0.1) is 23.7 Å². The van der Waals surface area contributed by atoms with Gasteiger partial charge in [0.25, 0.3) is 5.92 Å². The summed E-state index contributed by atoms with van der Waals surface area (Å²) in [5.41, 5.74) is 0.407. The van der Waals surface area contributed by atoms with Gasteiger partial charge in [-0.3, -0.25) is 0 Å². The maximum Gasteiger partial charge on any atom is 0.410 e. The summed E-state index contributed by atoms with van der Waals surface area (Å²) in [5, 5.41) is 0. The lowest BCUT2D eigenvalue weighted by atomic mass is 9.68. The fraction of sp³-hybridized carbons (Fsp3) is 0.889. The molecule has 0 N–H and O–H groups in total. The minimum Gasteiger partial charge on any atom is -0.443 e. The Bertz CT molecular complexity index is 852. The second kappa shape index (κ2) is 9.47. The number of allylic oxidation sites excluding steroid dienone is 1. The summed E-state index contributed by atoms with van der Waals surface area (Å²) in [5.74, 6) is -2.94. The zero-order valence-electron chi connectivity index (χ0n) is 22.3. The van der Waals surface area contributed by atoms with E-state index in [9.17, 15) is 13.6 Å². The zero-order chi connectivity index (χ0) is 25.9. The number of carbonyl (C=O) groups is 1. The highest BCUT2D eigenvalue weighted by Gasteiger charge is 2.71. The third kappa shape index (κ3) is 4.93. The predicted octanol–water partition coefficient (Wildman–Crippen LogP) is 3.97. The van der Waals surface area contributed by atoms with Crippen molar-refractivity contribution < 1.29 is 32.5 Å². The van der Waals surface area contributed by atoms with Crippen molar-refractivity contribution in [2.45, 2.75) is 76.3 Å². The van der Waals surface area contributed by atoms with Crippen molar-refractivity contribution in [3.63, 3.8) is 0 Å². The van der Waals surface area contributed by atoms with Gasteiger partial charge in [-0.05, 0) is 59.4 Å². The summed E-state index contributed by atoms with van der Waals surface area (Å²) in [6, 6.07) is 0. The van der Waals surface area contributed by atoms with E-state index in [0.29, 0.717) is 51.7 Å². The van der Waals surface area contributed by atoms with E-state index in [0.717, 1.165) is 19.4 Å². The van der Waals surface area contributed by atoms with Crippen LogP contribution >= 0.6 is 0 Å². The lowest BCUT2D eigenvalue weighted by Crippen LogP contribution is -2.60. The van der Waals surface area contributed by atoms with Gasteiger partial charge < -0.3 is 28.7 Å². The van der Waals surface area contributed by atoms with E-state index in [1.165, 1.54) is 5.57 Å². The molecule has 5 rings (SSSR count). The van der Waals surface area contributed by atoms with E-state index >= 15 is 0 Å². The number of hydrogen-bond donors (Lipinski definition) is 0. The van der Waals surface area contributed by atoms with Crippen molar-refractivity contribution in [2.24, 2.45) is 23.7 Å². The van der Waals surface area contributed by atoms with Crippen molar-refractivity contribution >= 4 is 6.09 Å². The molecule has 9 heteroatoms. The van der Waals surface area contributed by atoms with E-state index in [2.05, 4.69) is 24.8 Å². The lowest BCUT2D eigenvalue weighted by molar-refractivity contribution is -0.175. The number of methoxy groups -OCH3 is 1. The molecule has 2 unspecified atom stereocenters. The third-order valence-corrected chi connectivity index (χ3v) is 9.19. The first-order chi connectivity index (χ1) is 17.0. The van der Waals surface area contributed by atoms with Gasteiger partial charge in [-0.25, -0.2) is 13.6 Å². The molecule has 3 aliphatic heterocycles. The largest absolute Gasteiger partial charge is 0.443 e. The third-order valence-electron chi connectivity index (χ3n) is 9.19. The first-order valence-corrected chi connectivity index (χ1v) is 13.5. The Morgan fingerprint density at radius 2 is 1.83 bits per heavy atom. The Kier molecular flexibility index (Phi) is 6.93. The quantitative estimate of drug-likeness (QED) is 0.344. The van der Waals surface area contributed by atoms with Crippen LogP contribution < -0.4 is 0 Å². The molecule has 5 fully saturated rings. The lowest BCUT2D eigenvalue weighted by Gasteiger charge is -2.48. The van der Waals surface area contributed by atoms with Crippen molar-refractivity contribution in [1.29, 1.82) is 0 Å². The minimum absolute atomic E-state index is 0.0599. The predicted molar refractivity (Wildman–Crippen MR) is 130 cm³/mol. The number of hydrogen-bond acceptors (Lipinski definition) is 6. The summed E-state index contributed by atoms with van der Waals surface area (Å²) < 4.78 is 51.0. The van der Waals surface area contributed by atoms with Crippen molar-refractivity contribution in [2.75, 3.05) is 53.0 Å². The Balaban J connectivity index is 1.10. The van der Waals surface area contributed by atoms with Crippen LogP contribution in [0.2, 0.25) is 0 Å². The van der Waals surface area contributed by atoms with Gasteiger partial charge in [0.2, 0.25) is 0 Å². The maximum atomic E-state index is 13.4. The highest BCUT2D eigenvalue weighted by molar-refractivity contribution is 5.69. The summed E-state index contributed by atoms with van der Waals surface area (Å²) in [7, 11) is 1.67. The molecule has 1 amide bonds. The van der Waals surface area contributed by atoms with Crippen LogP contribution in [0.1, 0.15) is 47.0 Å². The average molecular weight is 513 g/mol. The van der Waals surface area contributed by atoms with Crippen molar-refractivity contribution in [3.05, 3.63) is 11.6 Å². The number of rotatable bonds is 9. The van der Waals surface area contributed by atoms with Crippen LogP contribution in [0.3, 0.4) is 0 Å². The number of piperidine rings is 1. The van der Waals surface area contributed by atoms with E-state index in [4.69, 9.17) is 18.9 Å². The highest BCUT2D eigenvalue weighted by atomic mass is 19.3. The molecule has 6 atom stereocenters. The van der Waals surface area contributed by atoms with Crippen LogP contribution in [0.5, 0.6) is 0 Å². The standard InChI is InChI=1S/C27H42F2N2O5/c1-17(2)8-11-34-25(3,4)23-22(33-5)21(6-9-26(23)16-35-26)36-24(32)31-12-18(13-31)7-10-30-14-19-20(15-30)27(19,28)29/h8,18-23H,6-7,9-16H2,1-5H3/t19?,20?,21-,22-,23-,26+/m1/s1. The molecule has 3 saturated heterocycles. The first-order valence-electron chi connectivity index (χ1n) is 13.5. The number of likely N-dealkylation sites (tertiary alicyclic amines) is 2. The van der Waals surface area contributed by atoms with Gasteiger partial charge in [0.1, 0.15) is 12.2 Å². The molecular formula is C27H42F2N2O5. The van der Waals surface area contributed by atoms with Crippen LogP contribution in [0.25, 0.3) is 0 Å². The summed E-state index contributed by atoms with van der Waals surface area (Å²) in [6.07, 6.45) is 3.53. The molecule has 0 radical (unpaired) electrons. The zero-order valence-corrected chi connectivity index (χ0v) is 22.3. The van der Waals surface area contributed by atoms with E-state index in [1.807, 2.05) is 13.8 Å². The monoisotopic (exact) mass is 512 g/mol. The number of halogens is 2. The molecule has 204 valence electrons. The van der Waals surface area contributed by atoms with Gasteiger partial charge in [-0.1, -0.05) is 11.6 Å². The number of carbonyl (C=O) groups excluding carboxylic acids is 1. The van der Waals surface area contributed by atoms with Crippen LogP contribution in [0.4, 0.5) is 13.6 Å². The highest BCUT2D eigenvalue weighted by Crippen LogP contribution is 2.59. The Morgan fingerprint density at radius 1 is 1.17 bits per heavy atom. The molecule has 7 nitrogen and oxygen atoms in total. The summed E-state index contributed by atoms with van der Waals surface area (Å²) in [6.45, 7) is 12.6. The van der Waals surface area contributed by atoms with Gasteiger partial charge in [-0.15, -0.1) is 0 Å². The molecule has 3 heterocycles. The Morgan fingerprint density at radius 3 is 2.42 bits per heavy atom. The molecule has 2 saturated carbocycles. The first kappa shape index (κ1) is 26.3. The van der Waals surface area contributed by atoms with E-state index in [-0.39, 0.29) is 29.8 Å². The van der Waals surface area contributed by atoms with Crippen LogP contribution in [-0.2, 0) is 18.9 Å². The number of alkyl halides is 2. The SMILES string of the molecule is CO[C@H]1[C@H](C(C)(C)OCC=C(C)C)[C@]2(CC[C@H]1OC(=O)N1CC(CCN3CC4C(C3)C4(F)F)C1)CO2. The number of ether oxygens (including phenoxy) is 4. The molecular weight excluding hydrogens is 470 g/mol. The summed E-state index contributed by atoms with van der Waals surface area (Å²) in [4.78, 5) is 16.8. The molecule has 0 aromatic rings. The fourth-order valence-corrected chi connectivity index (χ4v) is 6.84. The molecule has 1 spiro atoms. The van der Waals surface area contributed by atoms with Gasteiger partial charge in [0.05, 0.1) is 24.4 Å². The van der Waals surface area contributed by atoms with Crippen molar-refractivity contribution in [3.8, 4) is 0 Å². The molecule has 5 aliphatic rings. The normalized spacial score (nSPS) is 37.4.